The van der Waals surface area contributed by atoms with Gasteiger partial charge in [0.2, 0.25) is 5.90 Å². The number of hydrogen-bond donors (Lipinski definition) is 0. The predicted molar refractivity (Wildman–Crippen MR) is 119 cm³/mol. The minimum Gasteiger partial charge on any atom is -0.475 e. The normalized spacial score (nSPS) is 17.0. The molecule has 2 heterocycles. The Bertz CT molecular complexity index is 888. The van der Waals surface area contributed by atoms with Gasteiger partial charge < -0.3 is 4.74 Å². The van der Waals surface area contributed by atoms with Crippen molar-refractivity contribution in [1.29, 1.82) is 0 Å². The number of aliphatic imine (C=N–C) groups is 1. The van der Waals surface area contributed by atoms with Crippen molar-refractivity contribution in [3.63, 3.8) is 0 Å². The molecule has 0 N–H and O–H groups in total. The molecule has 4 heteroatoms. The minimum absolute atomic E-state index is 0.114. The molecule has 0 amide bonds. The zero-order valence-electron chi connectivity index (χ0n) is 15.9. The Kier molecular flexibility index (Phi) is 5.16. The summed E-state index contributed by atoms with van der Waals surface area (Å²) in [4.78, 5) is 6.13. The molecule has 1 atom stereocenters. The standard InChI is InChI=1S/C23H24NOPS/c1-23(2,3)20-16-25-22(24-20)21-19(14-15-27-21)26(17-10-6-4-7-11-17)18-12-8-5-9-13-18/h4-15,20H,16H2,1-3H3/t20-/m0/s1. The van der Waals surface area contributed by atoms with Gasteiger partial charge in [-0.1, -0.05) is 81.4 Å². The number of thiophene rings is 1. The zero-order chi connectivity index (χ0) is 18.9. The summed E-state index contributed by atoms with van der Waals surface area (Å²) < 4.78 is 6.07. The van der Waals surface area contributed by atoms with Gasteiger partial charge in [-0.2, -0.15) is 0 Å². The van der Waals surface area contributed by atoms with Crippen LogP contribution in [0.4, 0.5) is 0 Å². The molecule has 1 aliphatic heterocycles. The lowest BCUT2D eigenvalue weighted by Crippen LogP contribution is -2.25. The lowest BCUT2D eigenvalue weighted by Gasteiger charge is -2.21. The van der Waals surface area contributed by atoms with Crippen LogP contribution in [0.15, 0.2) is 77.1 Å². The molecule has 1 aliphatic rings. The van der Waals surface area contributed by atoms with Crippen molar-refractivity contribution in [3.05, 3.63) is 77.0 Å². The third-order valence-corrected chi connectivity index (χ3v) is 8.30. The van der Waals surface area contributed by atoms with E-state index >= 15 is 0 Å². The van der Waals surface area contributed by atoms with Crippen LogP contribution in [0.3, 0.4) is 0 Å². The van der Waals surface area contributed by atoms with E-state index in [1.807, 2.05) is 0 Å². The van der Waals surface area contributed by atoms with Crippen molar-refractivity contribution in [2.45, 2.75) is 26.8 Å². The first-order valence-electron chi connectivity index (χ1n) is 9.23. The van der Waals surface area contributed by atoms with Crippen LogP contribution < -0.4 is 15.9 Å². The van der Waals surface area contributed by atoms with Crippen molar-refractivity contribution < 1.29 is 4.74 Å². The van der Waals surface area contributed by atoms with Gasteiger partial charge in [-0.05, 0) is 35.4 Å². The number of nitrogens with zero attached hydrogens (tertiary/aromatic N) is 1. The van der Waals surface area contributed by atoms with Crippen molar-refractivity contribution in [1.82, 2.24) is 0 Å². The second-order valence-electron chi connectivity index (χ2n) is 7.77. The van der Waals surface area contributed by atoms with E-state index in [1.165, 1.54) is 20.8 Å². The summed E-state index contributed by atoms with van der Waals surface area (Å²) in [5, 5.41) is 6.21. The second kappa shape index (κ2) is 7.58. The van der Waals surface area contributed by atoms with Gasteiger partial charge >= 0.3 is 0 Å². The van der Waals surface area contributed by atoms with E-state index in [2.05, 4.69) is 92.9 Å². The molecule has 27 heavy (non-hydrogen) atoms. The minimum atomic E-state index is -0.639. The Morgan fingerprint density at radius 3 is 2.04 bits per heavy atom. The van der Waals surface area contributed by atoms with E-state index in [4.69, 9.17) is 9.73 Å². The topological polar surface area (TPSA) is 21.6 Å². The van der Waals surface area contributed by atoms with Gasteiger partial charge in [0.15, 0.2) is 0 Å². The summed E-state index contributed by atoms with van der Waals surface area (Å²) in [6, 6.07) is 24.0. The Morgan fingerprint density at radius 1 is 0.926 bits per heavy atom. The van der Waals surface area contributed by atoms with Gasteiger partial charge in [-0.25, -0.2) is 4.99 Å². The van der Waals surface area contributed by atoms with Gasteiger partial charge in [-0.3, -0.25) is 0 Å². The summed E-state index contributed by atoms with van der Waals surface area (Å²) in [6.45, 7) is 7.35. The van der Waals surface area contributed by atoms with E-state index in [-0.39, 0.29) is 11.5 Å². The first kappa shape index (κ1) is 18.4. The highest BCUT2D eigenvalue weighted by molar-refractivity contribution is 7.80. The van der Waals surface area contributed by atoms with Gasteiger partial charge in [0, 0.05) is 5.30 Å². The fourth-order valence-corrected chi connectivity index (χ4v) is 6.75. The predicted octanol–water partition coefficient (Wildman–Crippen LogP) is 4.70. The van der Waals surface area contributed by atoms with Crippen molar-refractivity contribution >= 4 is 41.1 Å². The number of ether oxygens (including phenoxy) is 1. The summed E-state index contributed by atoms with van der Waals surface area (Å²) in [6.07, 6.45) is 0. The molecule has 0 spiro atoms. The van der Waals surface area contributed by atoms with Crippen molar-refractivity contribution in [3.8, 4) is 0 Å². The van der Waals surface area contributed by atoms with Crippen LogP contribution in [-0.2, 0) is 4.74 Å². The third-order valence-electron chi connectivity index (χ3n) is 4.76. The van der Waals surface area contributed by atoms with Gasteiger partial charge in [-0.15, -0.1) is 11.3 Å². The molecule has 0 bridgehead atoms. The highest BCUT2D eigenvalue weighted by atomic mass is 32.1. The van der Waals surface area contributed by atoms with E-state index in [1.54, 1.807) is 11.3 Å². The molecule has 3 aromatic rings. The molecule has 4 rings (SSSR count). The van der Waals surface area contributed by atoms with E-state index in [9.17, 15) is 0 Å². The molecule has 2 aromatic carbocycles. The molecule has 2 nitrogen and oxygen atoms in total. The average molecular weight is 393 g/mol. The highest BCUT2D eigenvalue weighted by Gasteiger charge is 2.33. The maximum Gasteiger partial charge on any atom is 0.227 e. The SMILES string of the molecule is CC(C)(C)[C@@H]1COC(c2sccc2P(c2ccccc2)c2ccccc2)=N1. The smallest absolute Gasteiger partial charge is 0.227 e. The lowest BCUT2D eigenvalue weighted by atomic mass is 9.88. The van der Waals surface area contributed by atoms with Crippen LogP contribution in [0.2, 0.25) is 0 Å². The van der Waals surface area contributed by atoms with Crippen LogP contribution in [-0.4, -0.2) is 18.5 Å². The fourth-order valence-electron chi connectivity index (χ4n) is 3.16. The molecule has 0 aliphatic carbocycles. The molecular formula is C23H24NOPS. The monoisotopic (exact) mass is 393 g/mol. The van der Waals surface area contributed by atoms with Crippen LogP contribution in [0.5, 0.6) is 0 Å². The lowest BCUT2D eigenvalue weighted by molar-refractivity contribution is 0.236. The van der Waals surface area contributed by atoms with Gasteiger partial charge in [0.05, 0.1) is 10.9 Å². The maximum atomic E-state index is 6.07. The Balaban J connectivity index is 1.79. The quantitative estimate of drug-likeness (QED) is 0.589. The number of rotatable bonds is 4. The maximum absolute atomic E-state index is 6.07. The van der Waals surface area contributed by atoms with Crippen LogP contribution >= 0.6 is 19.3 Å². The molecular weight excluding hydrogens is 369 g/mol. The molecule has 0 radical (unpaired) electrons. The molecule has 0 unspecified atom stereocenters. The van der Waals surface area contributed by atoms with Crippen LogP contribution in [0.25, 0.3) is 0 Å². The highest BCUT2D eigenvalue weighted by Crippen LogP contribution is 2.37. The van der Waals surface area contributed by atoms with Crippen LogP contribution in [0.1, 0.15) is 25.6 Å². The average Bonchev–Trinajstić information content (AvgIpc) is 3.33. The van der Waals surface area contributed by atoms with E-state index in [0.717, 1.165) is 5.90 Å². The Labute approximate surface area is 166 Å². The third kappa shape index (κ3) is 3.85. The van der Waals surface area contributed by atoms with Gasteiger partial charge in [0.1, 0.15) is 6.61 Å². The summed E-state index contributed by atoms with van der Waals surface area (Å²) in [5.74, 6) is 0.819. The van der Waals surface area contributed by atoms with Crippen molar-refractivity contribution in [2.75, 3.05) is 6.61 Å². The number of hydrogen-bond acceptors (Lipinski definition) is 3. The first-order chi connectivity index (χ1) is 13.0. The van der Waals surface area contributed by atoms with Gasteiger partial charge in [0.25, 0.3) is 0 Å². The Hall–Kier alpha value is -1.96. The summed E-state index contributed by atoms with van der Waals surface area (Å²) in [7, 11) is -0.639. The van der Waals surface area contributed by atoms with Crippen LogP contribution in [0, 0.1) is 5.41 Å². The van der Waals surface area contributed by atoms with E-state index < -0.39 is 7.92 Å². The fraction of sp³-hybridized carbons (Fsp3) is 0.261. The second-order valence-corrected chi connectivity index (χ2v) is 10.9. The molecule has 0 saturated carbocycles. The molecule has 0 saturated heterocycles. The largest absolute Gasteiger partial charge is 0.475 e. The number of benzene rings is 2. The summed E-state index contributed by atoms with van der Waals surface area (Å²) in [5.41, 5.74) is 0.114. The molecule has 1 aromatic heterocycles. The van der Waals surface area contributed by atoms with Crippen molar-refractivity contribution in [2.24, 2.45) is 10.4 Å². The van der Waals surface area contributed by atoms with E-state index in [0.29, 0.717) is 6.61 Å². The summed E-state index contributed by atoms with van der Waals surface area (Å²) >= 11 is 1.74. The Morgan fingerprint density at radius 2 is 1.52 bits per heavy atom. The first-order valence-corrected chi connectivity index (χ1v) is 11.4. The molecule has 138 valence electrons. The molecule has 0 fully saturated rings. The zero-order valence-corrected chi connectivity index (χ0v) is 17.6.